The van der Waals surface area contributed by atoms with Crippen molar-refractivity contribution < 1.29 is 9.90 Å². The Kier molecular flexibility index (Phi) is 5.20. The van der Waals surface area contributed by atoms with Crippen LogP contribution >= 0.6 is 0 Å². The van der Waals surface area contributed by atoms with E-state index in [9.17, 15) is 9.90 Å². The number of carbonyl (C=O) groups is 1. The van der Waals surface area contributed by atoms with Crippen LogP contribution in [0.4, 0.5) is 0 Å². The Morgan fingerprint density at radius 3 is 2.88 bits per heavy atom. The van der Waals surface area contributed by atoms with Crippen molar-refractivity contribution in [1.82, 2.24) is 0 Å². The molecule has 0 saturated heterocycles. The van der Waals surface area contributed by atoms with Gasteiger partial charge in [0.2, 0.25) is 0 Å². The van der Waals surface area contributed by atoms with Gasteiger partial charge < -0.3 is 5.11 Å². The van der Waals surface area contributed by atoms with Crippen LogP contribution in [-0.2, 0) is 4.79 Å². The summed E-state index contributed by atoms with van der Waals surface area (Å²) in [5.74, 6) is 0.807. The molecule has 0 aromatic rings. The Morgan fingerprint density at radius 1 is 1.56 bits per heavy atom. The molecule has 0 radical (unpaired) electrons. The van der Waals surface area contributed by atoms with Gasteiger partial charge in [-0.3, -0.25) is 4.79 Å². The van der Waals surface area contributed by atoms with E-state index < -0.39 is 5.60 Å². The smallest absolute Gasteiger partial charge is 0.133 e. The molecule has 0 bridgehead atoms. The van der Waals surface area contributed by atoms with Crippen molar-refractivity contribution in [1.29, 1.82) is 0 Å². The highest BCUT2D eigenvalue weighted by Crippen LogP contribution is 2.24. The lowest BCUT2D eigenvalue weighted by molar-refractivity contribution is -0.117. The zero-order chi connectivity index (χ0) is 12.0. The van der Waals surface area contributed by atoms with E-state index in [1.807, 2.05) is 6.92 Å². The normalized spacial score (nSPS) is 25.2. The molecule has 1 N–H and O–H groups in total. The van der Waals surface area contributed by atoms with Crippen molar-refractivity contribution in [2.24, 2.45) is 5.92 Å². The Hall–Kier alpha value is -0.630. The minimum atomic E-state index is -0.574. The summed E-state index contributed by atoms with van der Waals surface area (Å²) in [6.45, 7) is 4.03. The van der Waals surface area contributed by atoms with Crippen LogP contribution in [0, 0.1) is 5.92 Å². The van der Waals surface area contributed by atoms with E-state index in [2.05, 4.69) is 19.1 Å². The van der Waals surface area contributed by atoms with Gasteiger partial charge in [0.15, 0.2) is 0 Å². The SMILES string of the molecule is CCCC[C@@](C)(O)C/C=C/C1CCC(=O)C1. The molecule has 2 atom stereocenters. The van der Waals surface area contributed by atoms with Crippen LogP contribution in [0.15, 0.2) is 12.2 Å². The lowest BCUT2D eigenvalue weighted by Crippen LogP contribution is -2.22. The van der Waals surface area contributed by atoms with Gasteiger partial charge in [-0.25, -0.2) is 0 Å². The first-order valence-electron chi connectivity index (χ1n) is 6.44. The fourth-order valence-corrected chi connectivity index (χ4v) is 2.18. The van der Waals surface area contributed by atoms with E-state index in [0.29, 0.717) is 24.5 Å². The summed E-state index contributed by atoms with van der Waals surface area (Å²) in [7, 11) is 0. The third-order valence-electron chi connectivity index (χ3n) is 3.32. The van der Waals surface area contributed by atoms with Gasteiger partial charge in [0.25, 0.3) is 0 Å². The monoisotopic (exact) mass is 224 g/mol. The molecule has 0 amide bonds. The molecule has 0 spiro atoms. The minimum absolute atomic E-state index is 0.382. The van der Waals surface area contributed by atoms with E-state index >= 15 is 0 Å². The standard InChI is InChI=1S/C14H24O2/c1-3-4-9-14(2,16)10-5-6-12-7-8-13(15)11-12/h5-6,12,16H,3-4,7-11H2,1-2H3/b6-5+/t12?,14-/m1/s1. The van der Waals surface area contributed by atoms with Crippen LogP contribution in [-0.4, -0.2) is 16.5 Å². The number of Topliss-reactive ketones (excluding diaryl/α,β-unsaturated/α-hetero) is 1. The molecule has 2 nitrogen and oxygen atoms in total. The van der Waals surface area contributed by atoms with Gasteiger partial charge in [0, 0.05) is 12.8 Å². The topological polar surface area (TPSA) is 37.3 Å². The van der Waals surface area contributed by atoms with Crippen LogP contribution in [0.3, 0.4) is 0 Å². The van der Waals surface area contributed by atoms with E-state index in [1.54, 1.807) is 0 Å². The largest absolute Gasteiger partial charge is 0.390 e. The van der Waals surface area contributed by atoms with Crippen molar-refractivity contribution in [2.45, 2.75) is 64.4 Å². The van der Waals surface area contributed by atoms with Crippen LogP contribution in [0.2, 0.25) is 0 Å². The molecule has 1 saturated carbocycles. The average Bonchev–Trinajstić information content (AvgIpc) is 2.61. The molecule has 92 valence electrons. The van der Waals surface area contributed by atoms with E-state index in [1.165, 1.54) is 0 Å². The number of ketones is 1. The summed E-state index contributed by atoms with van der Waals surface area (Å²) in [6, 6.07) is 0. The molecule has 0 aromatic heterocycles. The molecule has 16 heavy (non-hydrogen) atoms. The van der Waals surface area contributed by atoms with Crippen molar-refractivity contribution in [3.8, 4) is 0 Å². The molecule has 1 unspecified atom stereocenters. The van der Waals surface area contributed by atoms with E-state index in [4.69, 9.17) is 0 Å². The first-order valence-corrected chi connectivity index (χ1v) is 6.44. The fraction of sp³-hybridized carbons (Fsp3) is 0.786. The molecular weight excluding hydrogens is 200 g/mol. The first-order chi connectivity index (χ1) is 7.53. The van der Waals surface area contributed by atoms with Gasteiger partial charge in [0.05, 0.1) is 5.60 Å². The molecule has 1 fully saturated rings. The zero-order valence-corrected chi connectivity index (χ0v) is 10.5. The first kappa shape index (κ1) is 13.4. The number of allylic oxidation sites excluding steroid dienone is 1. The molecule has 0 aliphatic heterocycles. The van der Waals surface area contributed by atoms with E-state index in [-0.39, 0.29) is 0 Å². The number of rotatable bonds is 6. The van der Waals surface area contributed by atoms with Crippen LogP contribution < -0.4 is 0 Å². The molecule has 1 rings (SSSR count). The number of unbranched alkanes of at least 4 members (excludes halogenated alkanes) is 1. The van der Waals surface area contributed by atoms with Crippen molar-refractivity contribution in [2.75, 3.05) is 0 Å². The van der Waals surface area contributed by atoms with Gasteiger partial charge >= 0.3 is 0 Å². The lowest BCUT2D eigenvalue weighted by Gasteiger charge is -2.21. The molecule has 0 aromatic carbocycles. The Labute approximate surface area is 98.7 Å². The molecule has 0 heterocycles. The Morgan fingerprint density at radius 2 is 2.31 bits per heavy atom. The minimum Gasteiger partial charge on any atom is -0.390 e. The highest BCUT2D eigenvalue weighted by atomic mass is 16.3. The Balaban J connectivity index is 2.27. The van der Waals surface area contributed by atoms with Gasteiger partial charge in [-0.05, 0) is 32.1 Å². The van der Waals surface area contributed by atoms with Gasteiger partial charge in [-0.1, -0.05) is 31.9 Å². The lowest BCUT2D eigenvalue weighted by atomic mass is 9.94. The fourth-order valence-electron chi connectivity index (χ4n) is 2.18. The molecule has 2 heteroatoms. The van der Waals surface area contributed by atoms with Crippen molar-refractivity contribution in [3.63, 3.8) is 0 Å². The highest BCUT2D eigenvalue weighted by molar-refractivity contribution is 5.80. The zero-order valence-electron chi connectivity index (χ0n) is 10.5. The second-order valence-electron chi connectivity index (χ2n) is 5.27. The summed E-state index contributed by atoms with van der Waals surface area (Å²) >= 11 is 0. The maximum Gasteiger partial charge on any atom is 0.133 e. The van der Waals surface area contributed by atoms with Crippen LogP contribution in [0.5, 0.6) is 0 Å². The van der Waals surface area contributed by atoms with Crippen LogP contribution in [0.25, 0.3) is 0 Å². The number of carbonyl (C=O) groups excluding carboxylic acids is 1. The highest BCUT2D eigenvalue weighted by Gasteiger charge is 2.21. The number of hydrogen-bond donors (Lipinski definition) is 1. The summed E-state index contributed by atoms with van der Waals surface area (Å²) in [6.07, 6.45) is 10.4. The predicted octanol–water partition coefficient (Wildman–Crippen LogP) is 3.24. The second kappa shape index (κ2) is 6.19. The van der Waals surface area contributed by atoms with Crippen LogP contribution in [0.1, 0.15) is 58.8 Å². The van der Waals surface area contributed by atoms with Crippen molar-refractivity contribution >= 4 is 5.78 Å². The predicted molar refractivity (Wildman–Crippen MR) is 66.3 cm³/mol. The molecule has 1 aliphatic carbocycles. The quantitative estimate of drug-likeness (QED) is 0.703. The maximum absolute atomic E-state index is 11.1. The Bertz CT molecular complexity index is 253. The number of hydrogen-bond acceptors (Lipinski definition) is 2. The molecular formula is C14H24O2. The summed E-state index contributed by atoms with van der Waals surface area (Å²) < 4.78 is 0. The third kappa shape index (κ3) is 4.93. The summed E-state index contributed by atoms with van der Waals surface area (Å²) in [4.78, 5) is 11.1. The van der Waals surface area contributed by atoms with Gasteiger partial charge in [-0.2, -0.15) is 0 Å². The summed E-state index contributed by atoms with van der Waals surface area (Å²) in [5.41, 5.74) is -0.574. The third-order valence-corrected chi connectivity index (χ3v) is 3.32. The average molecular weight is 224 g/mol. The molecule has 1 aliphatic rings. The van der Waals surface area contributed by atoms with Crippen molar-refractivity contribution in [3.05, 3.63) is 12.2 Å². The van der Waals surface area contributed by atoms with Gasteiger partial charge in [-0.15, -0.1) is 0 Å². The van der Waals surface area contributed by atoms with Gasteiger partial charge in [0.1, 0.15) is 5.78 Å². The van der Waals surface area contributed by atoms with E-state index in [0.717, 1.165) is 32.1 Å². The second-order valence-corrected chi connectivity index (χ2v) is 5.27. The summed E-state index contributed by atoms with van der Waals surface area (Å²) in [5, 5.41) is 10.1. The maximum atomic E-state index is 11.1. The number of aliphatic hydroxyl groups is 1.